The molecule has 20 heavy (non-hydrogen) atoms. The van der Waals surface area contributed by atoms with E-state index in [0.717, 1.165) is 25.7 Å². The molecule has 2 amide bonds. The molecule has 3 rings (SSSR count). The van der Waals surface area contributed by atoms with Crippen LogP contribution in [0, 0.1) is 0 Å². The summed E-state index contributed by atoms with van der Waals surface area (Å²) in [6.45, 7) is 0.000692. The van der Waals surface area contributed by atoms with E-state index in [1.165, 1.54) is 6.42 Å². The molecule has 1 aromatic carbocycles. The van der Waals surface area contributed by atoms with Crippen LogP contribution in [0.5, 0.6) is 5.75 Å². The standard InChI is InChI=1S/C15H18N2O3/c18-13-9-20-12-8-4-7-11(14(12)17-13)15(19)16-10-5-2-1-3-6-10/h4,7-8,10H,1-3,5-6,9H2,(H,16,19)(H,17,18). The summed E-state index contributed by atoms with van der Waals surface area (Å²) in [5.74, 6) is 0.191. The monoisotopic (exact) mass is 274 g/mol. The number of rotatable bonds is 2. The molecular formula is C15H18N2O3. The summed E-state index contributed by atoms with van der Waals surface area (Å²) in [4.78, 5) is 23.8. The van der Waals surface area contributed by atoms with Gasteiger partial charge in [0.2, 0.25) is 0 Å². The van der Waals surface area contributed by atoms with Gasteiger partial charge in [0.05, 0.1) is 11.3 Å². The molecule has 2 N–H and O–H groups in total. The van der Waals surface area contributed by atoms with Crippen LogP contribution in [0.3, 0.4) is 0 Å². The van der Waals surface area contributed by atoms with Crippen LogP contribution in [0.4, 0.5) is 5.69 Å². The quantitative estimate of drug-likeness (QED) is 0.867. The number of para-hydroxylation sites is 1. The van der Waals surface area contributed by atoms with Gasteiger partial charge >= 0.3 is 0 Å². The zero-order valence-corrected chi connectivity index (χ0v) is 11.3. The van der Waals surface area contributed by atoms with Gasteiger partial charge in [-0.25, -0.2) is 0 Å². The minimum absolute atomic E-state index is 0.000692. The molecule has 0 saturated heterocycles. The molecule has 5 heteroatoms. The molecule has 1 aliphatic carbocycles. The molecule has 0 spiro atoms. The summed E-state index contributed by atoms with van der Waals surface area (Å²) in [6, 6.07) is 5.48. The lowest BCUT2D eigenvalue weighted by molar-refractivity contribution is -0.118. The molecular weight excluding hydrogens is 256 g/mol. The Morgan fingerprint density at radius 2 is 2.05 bits per heavy atom. The molecule has 0 radical (unpaired) electrons. The second-order valence-corrected chi connectivity index (χ2v) is 5.32. The van der Waals surface area contributed by atoms with Crippen molar-refractivity contribution in [1.29, 1.82) is 0 Å². The Balaban J connectivity index is 1.79. The molecule has 1 saturated carbocycles. The first kappa shape index (κ1) is 13.0. The van der Waals surface area contributed by atoms with Gasteiger partial charge in [-0.05, 0) is 25.0 Å². The van der Waals surface area contributed by atoms with Crippen molar-refractivity contribution >= 4 is 17.5 Å². The van der Waals surface area contributed by atoms with Crippen molar-refractivity contribution < 1.29 is 14.3 Å². The van der Waals surface area contributed by atoms with E-state index in [2.05, 4.69) is 10.6 Å². The van der Waals surface area contributed by atoms with E-state index in [0.29, 0.717) is 17.0 Å². The number of nitrogens with one attached hydrogen (secondary N) is 2. The SMILES string of the molecule is O=C1COc2cccc(C(=O)NC3CCCCC3)c2N1. The second-order valence-electron chi connectivity index (χ2n) is 5.32. The van der Waals surface area contributed by atoms with Crippen LogP contribution in [0.25, 0.3) is 0 Å². The van der Waals surface area contributed by atoms with Crippen LogP contribution in [0.1, 0.15) is 42.5 Å². The zero-order valence-electron chi connectivity index (χ0n) is 11.3. The molecule has 0 aromatic heterocycles. The van der Waals surface area contributed by atoms with Gasteiger partial charge in [0.25, 0.3) is 11.8 Å². The van der Waals surface area contributed by atoms with Crippen molar-refractivity contribution in [3.8, 4) is 5.75 Å². The number of hydrogen-bond donors (Lipinski definition) is 2. The van der Waals surface area contributed by atoms with Crippen molar-refractivity contribution in [2.45, 2.75) is 38.1 Å². The summed E-state index contributed by atoms with van der Waals surface area (Å²) >= 11 is 0. The highest BCUT2D eigenvalue weighted by atomic mass is 16.5. The normalized spacial score (nSPS) is 18.7. The van der Waals surface area contributed by atoms with E-state index < -0.39 is 0 Å². The molecule has 0 bridgehead atoms. The van der Waals surface area contributed by atoms with Crippen molar-refractivity contribution in [2.24, 2.45) is 0 Å². The third-order valence-corrected chi connectivity index (χ3v) is 3.83. The first-order chi connectivity index (χ1) is 9.74. The Bertz CT molecular complexity index is 536. The van der Waals surface area contributed by atoms with Gasteiger partial charge in [-0.15, -0.1) is 0 Å². The maximum Gasteiger partial charge on any atom is 0.262 e. The fourth-order valence-electron chi connectivity index (χ4n) is 2.80. The highest BCUT2D eigenvalue weighted by molar-refractivity contribution is 6.06. The largest absolute Gasteiger partial charge is 0.482 e. The van der Waals surface area contributed by atoms with E-state index in [9.17, 15) is 9.59 Å². The van der Waals surface area contributed by atoms with E-state index >= 15 is 0 Å². The maximum atomic E-state index is 12.4. The number of carbonyl (C=O) groups is 2. The maximum absolute atomic E-state index is 12.4. The predicted octanol–water partition coefficient (Wildman–Crippen LogP) is 2.08. The lowest BCUT2D eigenvalue weighted by Gasteiger charge is -2.24. The van der Waals surface area contributed by atoms with Crippen molar-refractivity contribution in [2.75, 3.05) is 11.9 Å². The summed E-state index contributed by atoms with van der Waals surface area (Å²) in [5, 5.41) is 5.78. The van der Waals surface area contributed by atoms with Crippen LogP contribution < -0.4 is 15.4 Å². The third-order valence-electron chi connectivity index (χ3n) is 3.83. The van der Waals surface area contributed by atoms with Crippen LogP contribution in [-0.4, -0.2) is 24.5 Å². The third kappa shape index (κ3) is 2.61. The second kappa shape index (κ2) is 5.53. The van der Waals surface area contributed by atoms with E-state index in [1.54, 1.807) is 18.2 Å². The van der Waals surface area contributed by atoms with Gasteiger partial charge in [-0.1, -0.05) is 25.3 Å². The van der Waals surface area contributed by atoms with Gasteiger partial charge in [0.15, 0.2) is 6.61 Å². The fourth-order valence-corrected chi connectivity index (χ4v) is 2.80. The number of carbonyl (C=O) groups excluding carboxylic acids is 2. The molecule has 1 heterocycles. The zero-order chi connectivity index (χ0) is 13.9. The average molecular weight is 274 g/mol. The first-order valence-corrected chi connectivity index (χ1v) is 7.10. The highest BCUT2D eigenvalue weighted by Gasteiger charge is 2.24. The van der Waals surface area contributed by atoms with Gasteiger partial charge in [-0.3, -0.25) is 9.59 Å². The Kier molecular flexibility index (Phi) is 3.58. The predicted molar refractivity (Wildman–Crippen MR) is 74.9 cm³/mol. The summed E-state index contributed by atoms with van der Waals surface area (Å²) < 4.78 is 5.32. The number of ether oxygens (including phenoxy) is 1. The van der Waals surface area contributed by atoms with Gasteiger partial charge in [0.1, 0.15) is 5.75 Å². The highest BCUT2D eigenvalue weighted by Crippen LogP contribution is 2.31. The summed E-state index contributed by atoms with van der Waals surface area (Å²) in [6.07, 6.45) is 5.64. The molecule has 5 nitrogen and oxygen atoms in total. The number of benzene rings is 1. The molecule has 1 aromatic rings. The van der Waals surface area contributed by atoms with E-state index in [4.69, 9.17) is 4.74 Å². The summed E-state index contributed by atoms with van der Waals surface area (Å²) in [5.41, 5.74) is 0.957. The van der Waals surface area contributed by atoms with Crippen LogP contribution in [0.15, 0.2) is 18.2 Å². The average Bonchev–Trinajstić information content (AvgIpc) is 2.47. The minimum atomic E-state index is -0.226. The molecule has 0 atom stereocenters. The molecule has 106 valence electrons. The van der Waals surface area contributed by atoms with Crippen LogP contribution >= 0.6 is 0 Å². The molecule has 1 aliphatic heterocycles. The Morgan fingerprint density at radius 3 is 2.85 bits per heavy atom. The molecule has 1 fully saturated rings. The van der Waals surface area contributed by atoms with E-state index in [-0.39, 0.29) is 24.5 Å². The number of amides is 2. The number of fused-ring (bicyclic) bond motifs is 1. The molecule has 0 unspecified atom stereocenters. The molecule has 2 aliphatic rings. The topological polar surface area (TPSA) is 67.4 Å². The smallest absolute Gasteiger partial charge is 0.262 e. The fraction of sp³-hybridized carbons (Fsp3) is 0.467. The minimum Gasteiger partial charge on any atom is -0.482 e. The first-order valence-electron chi connectivity index (χ1n) is 7.10. The van der Waals surface area contributed by atoms with Crippen LogP contribution in [-0.2, 0) is 4.79 Å². The van der Waals surface area contributed by atoms with Crippen molar-refractivity contribution in [3.05, 3.63) is 23.8 Å². The van der Waals surface area contributed by atoms with Crippen LogP contribution in [0.2, 0.25) is 0 Å². The Labute approximate surface area is 117 Å². The summed E-state index contributed by atoms with van der Waals surface area (Å²) in [7, 11) is 0. The number of anilines is 1. The van der Waals surface area contributed by atoms with E-state index in [1.807, 2.05) is 0 Å². The lowest BCUT2D eigenvalue weighted by Crippen LogP contribution is -2.37. The Hall–Kier alpha value is -2.04. The Morgan fingerprint density at radius 1 is 1.25 bits per heavy atom. The van der Waals surface area contributed by atoms with Crippen molar-refractivity contribution in [1.82, 2.24) is 5.32 Å². The van der Waals surface area contributed by atoms with Crippen molar-refractivity contribution in [3.63, 3.8) is 0 Å². The lowest BCUT2D eigenvalue weighted by atomic mass is 9.95. The van der Waals surface area contributed by atoms with Gasteiger partial charge in [-0.2, -0.15) is 0 Å². The number of hydrogen-bond acceptors (Lipinski definition) is 3. The van der Waals surface area contributed by atoms with Gasteiger partial charge < -0.3 is 15.4 Å². The van der Waals surface area contributed by atoms with Gasteiger partial charge in [0, 0.05) is 6.04 Å².